The third-order valence-electron chi connectivity index (χ3n) is 7.33. The van der Waals surface area contributed by atoms with Crippen molar-refractivity contribution in [3.63, 3.8) is 0 Å². The zero-order valence-electron chi connectivity index (χ0n) is 22.4. The highest BCUT2D eigenvalue weighted by Gasteiger charge is 2.37. The van der Waals surface area contributed by atoms with Gasteiger partial charge < -0.3 is 9.47 Å². The average molecular weight is 581 g/mol. The molecule has 0 spiro atoms. The number of rotatable bonds is 12. The molecule has 0 amide bonds. The Morgan fingerprint density at radius 3 is 1.55 bits per heavy atom. The zero-order chi connectivity index (χ0) is 29.6. The van der Waals surface area contributed by atoms with Gasteiger partial charge in [0.25, 0.3) is 0 Å². The fraction of sp³-hybridized carbons (Fsp3) is 0.552. The minimum Gasteiger partial charge on any atom is -0.488 e. The molecule has 1 fully saturated rings. The van der Waals surface area contributed by atoms with Crippen molar-refractivity contribution in [3.8, 4) is 22.6 Å². The van der Waals surface area contributed by atoms with E-state index in [0.717, 1.165) is 25.7 Å². The van der Waals surface area contributed by atoms with Crippen molar-refractivity contribution in [1.29, 1.82) is 0 Å². The molecule has 0 heterocycles. The number of hydrogen-bond acceptors (Lipinski definition) is 3. The van der Waals surface area contributed by atoms with Crippen molar-refractivity contribution >= 4 is 5.97 Å². The Morgan fingerprint density at radius 2 is 1.07 bits per heavy atom. The second-order valence-corrected chi connectivity index (χ2v) is 10.0. The third-order valence-corrected chi connectivity index (χ3v) is 7.33. The van der Waals surface area contributed by atoms with E-state index >= 15 is 0 Å². The monoisotopic (exact) mass is 580 g/mol. The quantitative estimate of drug-likeness (QED) is 0.0825. The van der Waals surface area contributed by atoms with Crippen LogP contribution in [0.1, 0.15) is 84.5 Å². The molecule has 11 heteroatoms. The Morgan fingerprint density at radius 1 is 0.625 bits per heavy atom. The molecule has 3 rings (SSSR count). The van der Waals surface area contributed by atoms with Gasteiger partial charge in [0.1, 0.15) is 0 Å². The SMILES string of the molecule is CCCCCCCCC1CCC(C(=O)Oc2c(F)c(F)c(-c3c(F)c(F)c(OCC)c(F)c3F)c(F)c2F)CC1. The Labute approximate surface area is 227 Å². The van der Waals surface area contributed by atoms with Gasteiger partial charge in [0.2, 0.25) is 29.0 Å². The van der Waals surface area contributed by atoms with Gasteiger partial charge in [0, 0.05) is 0 Å². The predicted molar refractivity (Wildman–Crippen MR) is 132 cm³/mol. The smallest absolute Gasteiger partial charge is 0.314 e. The topological polar surface area (TPSA) is 35.5 Å². The Kier molecular flexibility index (Phi) is 11.2. The summed E-state index contributed by atoms with van der Waals surface area (Å²) >= 11 is 0. The van der Waals surface area contributed by atoms with Crippen LogP contribution in [0.25, 0.3) is 11.1 Å². The highest BCUT2D eigenvalue weighted by molar-refractivity contribution is 5.76. The number of benzene rings is 2. The molecule has 1 aliphatic rings. The van der Waals surface area contributed by atoms with E-state index in [0.29, 0.717) is 31.6 Å². The van der Waals surface area contributed by atoms with Gasteiger partial charge in [-0.1, -0.05) is 51.9 Å². The first-order valence-electron chi connectivity index (χ1n) is 13.6. The van der Waals surface area contributed by atoms with Crippen LogP contribution in [0.15, 0.2) is 0 Å². The van der Waals surface area contributed by atoms with Crippen molar-refractivity contribution < 1.29 is 49.4 Å². The molecule has 0 unspecified atom stereocenters. The van der Waals surface area contributed by atoms with E-state index in [-0.39, 0.29) is 0 Å². The first-order chi connectivity index (χ1) is 19.0. The molecule has 0 atom stereocenters. The molecular weight excluding hydrogens is 548 g/mol. The highest BCUT2D eigenvalue weighted by Crippen LogP contribution is 2.42. The molecule has 0 aromatic heterocycles. The lowest BCUT2D eigenvalue weighted by Crippen LogP contribution is -2.26. The second-order valence-electron chi connectivity index (χ2n) is 10.0. The van der Waals surface area contributed by atoms with Gasteiger partial charge in [0.15, 0.2) is 29.0 Å². The van der Waals surface area contributed by atoms with Crippen LogP contribution in [0.5, 0.6) is 11.5 Å². The van der Waals surface area contributed by atoms with E-state index in [4.69, 9.17) is 0 Å². The molecule has 222 valence electrons. The number of carbonyl (C=O) groups excluding carboxylic acids is 1. The van der Waals surface area contributed by atoms with Crippen LogP contribution in [0.3, 0.4) is 0 Å². The van der Waals surface area contributed by atoms with Crippen LogP contribution in [0, 0.1) is 58.4 Å². The second kappa shape index (κ2) is 14.2. The molecule has 2 aromatic carbocycles. The number of halogens is 8. The lowest BCUT2D eigenvalue weighted by Gasteiger charge is -2.27. The van der Waals surface area contributed by atoms with Gasteiger partial charge in [-0.05, 0) is 38.5 Å². The Bertz CT molecular complexity index is 1150. The Balaban J connectivity index is 1.76. The van der Waals surface area contributed by atoms with Crippen LogP contribution in [-0.4, -0.2) is 12.6 Å². The summed E-state index contributed by atoms with van der Waals surface area (Å²) in [6, 6.07) is 0. The van der Waals surface area contributed by atoms with E-state index in [1.807, 2.05) is 0 Å². The van der Waals surface area contributed by atoms with Gasteiger partial charge in [-0.15, -0.1) is 0 Å². The Hall–Kier alpha value is -2.85. The number of unbranched alkanes of at least 4 members (excludes halogenated alkanes) is 5. The number of hydrogen-bond donors (Lipinski definition) is 0. The third kappa shape index (κ3) is 6.71. The van der Waals surface area contributed by atoms with E-state index in [1.54, 1.807) is 0 Å². The summed E-state index contributed by atoms with van der Waals surface area (Å²) in [5, 5.41) is 0. The summed E-state index contributed by atoms with van der Waals surface area (Å²) in [6.45, 7) is 2.97. The largest absolute Gasteiger partial charge is 0.488 e. The summed E-state index contributed by atoms with van der Waals surface area (Å²) in [7, 11) is 0. The number of carbonyl (C=O) groups is 1. The normalized spacial score (nSPS) is 17.2. The molecule has 1 saturated carbocycles. The fourth-order valence-corrected chi connectivity index (χ4v) is 5.11. The van der Waals surface area contributed by atoms with Gasteiger partial charge >= 0.3 is 5.97 Å². The van der Waals surface area contributed by atoms with Gasteiger partial charge in [0.05, 0.1) is 23.7 Å². The maximum Gasteiger partial charge on any atom is 0.314 e. The van der Waals surface area contributed by atoms with Crippen LogP contribution >= 0.6 is 0 Å². The van der Waals surface area contributed by atoms with Gasteiger partial charge in [-0.25, -0.2) is 17.6 Å². The van der Waals surface area contributed by atoms with Crippen molar-refractivity contribution in [3.05, 3.63) is 46.5 Å². The molecule has 3 nitrogen and oxygen atoms in total. The standard InChI is InChI=1S/C29H32F8O3/c1-3-5-6-7-8-9-10-15-11-13-16(14-12-15)29(38)40-28-25(36)21(32)18(22(33)26(28)37)17-19(30)23(34)27(39-4-2)24(35)20(17)31/h15-16H,3-14H2,1-2H3. The molecule has 0 N–H and O–H groups in total. The molecule has 0 bridgehead atoms. The summed E-state index contributed by atoms with van der Waals surface area (Å²) in [5.41, 5.74) is -4.06. The van der Waals surface area contributed by atoms with E-state index < -0.39 is 87.7 Å². The molecule has 0 saturated heterocycles. The zero-order valence-corrected chi connectivity index (χ0v) is 22.4. The average Bonchev–Trinajstić information content (AvgIpc) is 2.95. The van der Waals surface area contributed by atoms with E-state index in [9.17, 15) is 39.9 Å². The fourth-order valence-electron chi connectivity index (χ4n) is 5.11. The van der Waals surface area contributed by atoms with Crippen molar-refractivity contribution in [1.82, 2.24) is 0 Å². The summed E-state index contributed by atoms with van der Waals surface area (Å²) in [4.78, 5) is 12.6. The molecule has 2 aromatic rings. The molecule has 1 aliphatic carbocycles. The molecule has 0 radical (unpaired) electrons. The highest BCUT2D eigenvalue weighted by atomic mass is 19.2. The van der Waals surface area contributed by atoms with Crippen molar-refractivity contribution in [2.24, 2.45) is 11.8 Å². The van der Waals surface area contributed by atoms with Crippen molar-refractivity contribution in [2.75, 3.05) is 6.61 Å². The van der Waals surface area contributed by atoms with Crippen molar-refractivity contribution in [2.45, 2.75) is 84.5 Å². The number of ether oxygens (including phenoxy) is 2. The lowest BCUT2D eigenvalue weighted by molar-refractivity contribution is -0.140. The number of esters is 1. The molecule has 0 aliphatic heterocycles. The van der Waals surface area contributed by atoms with E-state index in [1.165, 1.54) is 26.2 Å². The predicted octanol–water partition coefficient (Wildman–Crippen LogP) is 9.33. The maximum absolute atomic E-state index is 14.8. The van der Waals surface area contributed by atoms with Crippen LogP contribution in [0.4, 0.5) is 35.1 Å². The first-order valence-corrected chi connectivity index (χ1v) is 13.6. The molecular formula is C29H32F8O3. The summed E-state index contributed by atoms with van der Waals surface area (Å²) < 4.78 is 126. The van der Waals surface area contributed by atoms with Crippen LogP contribution < -0.4 is 9.47 Å². The first kappa shape index (κ1) is 31.7. The van der Waals surface area contributed by atoms with Gasteiger partial charge in [-0.2, -0.15) is 17.6 Å². The maximum atomic E-state index is 14.8. The minimum atomic E-state index is -2.40. The summed E-state index contributed by atoms with van der Waals surface area (Å²) in [5.74, 6) is -23.1. The van der Waals surface area contributed by atoms with Gasteiger partial charge in [-0.3, -0.25) is 4.79 Å². The summed E-state index contributed by atoms with van der Waals surface area (Å²) in [6.07, 6.45) is 9.97. The van der Waals surface area contributed by atoms with E-state index in [2.05, 4.69) is 16.4 Å². The van der Waals surface area contributed by atoms with Crippen LogP contribution in [-0.2, 0) is 4.79 Å². The molecule has 40 heavy (non-hydrogen) atoms. The minimum absolute atomic E-state index is 0.354. The lowest BCUT2D eigenvalue weighted by atomic mass is 9.79. The van der Waals surface area contributed by atoms with Crippen LogP contribution in [0.2, 0.25) is 0 Å².